The number of nitrogens with zero attached hydrogens (tertiary/aromatic N) is 1. The molecule has 23 heavy (non-hydrogen) atoms. The second kappa shape index (κ2) is 7.64. The Bertz CT molecular complexity index is 717. The van der Waals surface area contributed by atoms with E-state index in [1.165, 1.54) is 20.1 Å². The maximum atomic E-state index is 11.0. The van der Waals surface area contributed by atoms with Crippen LogP contribution in [0.2, 0.25) is 0 Å². The Balaban J connectivity index is 2.04. The van der Waals surface area contributed by atoms with Gasteiger partial charge in [-0.1, -0.05) is 6.07 Å². The van der Waals surface area contributed by atoms with Crippen LogP contribution in [0.4, 0.5) is 11.4 Å². The van der Waals surface area contributed by atoms with Crippen molar-refractivity contribution in [3.8, 4) is 5.75 Å². The summed E-state index contributed by atoms with van der Waals surface area (Å²) in [5, 5.41) is 13.7. The van der Waals surface area contributed by atoms with Gasteiger partial charge in [0, 0.05) is 29.3 Å². The predicted octanol–water partition coefficient (Wildman–Crippen LogP) is 3.85. The monoisotopic (exact) mass is 332 g/mol. The molecule has 2 rings (SSSR count). The van der Waals surface area contributed by atoms with Gasteiger partial charge in [0.2, 0.25) is 5.91 Å². The maximum Gasteiger partial charge on any atom is 0.311 e. The van der Waals surface area contributed by atoms with Gasteiger partial charge < -0.3 is 10.1 Å². The Morgan fingerprint density at radius 1 is 1.26 bits per heavy atom. The van der Waals surface area contributed by atoms with Crippen molar-refractivity contribution in [3.05, 3.63) is 58.1 Å². The number of hydrogen-bond donors (Lipinski definition) is 1. The van der Waals surface area contributed by atoms with Crippen molar-refractivity contribution in [3.63, 3.8) is 0 Å². The predicted molar refractivity (Wildman–Crippen MR) is 90.0 cm³/mol. The number of thioether (sulfide) groups is 1. The summed E-state index contributed by atoms with van der Waals surface area (Å²) in [4.78, 5) is 22.5. The Hall–Kier alpha value is -2.54. The number of nitrogens with one attached hydrogen (secondary N) is 1. The molecule has 0 heterocycles. The molecule has 0 atom stereocenters. The molecule has 1 N–H and O–H groups in total. The molecule has 0 unspecified atom stereocenters. The lowest BCUT2D eigenvalue weighted by molar-refractivity contribution is -0.385. The van der Waals surface area contributed by atoms with Gasteiger partial charge in [-0.15, -0.1) is 11.8 Å². The van der Waals surface area contributed by atoms with Gasteiger partial charge in [-0.2, -0.15) is 0 Å². The van der Waals surface area contributed by atoms with E-state index >= 15 is 0 Å². The maximum absolute atomic E-state index is 11.0. The first-order valence-electron chi connectivity index (χ1n) is 6.81. The molecule has 0 spiro atoms. The number of anilines is 1. The van der Waals surface area contributed by atoms with E-state index < -0.39 is 4.92 Å². The number of benzene rings is 2. The Kier molecular flexibility index (Phi) is 5.59. The summed E-state index contributed by atoms with van der Waals surface area (Å²) in [6.07, 6.45) is 0. The molecule has 0 fully saturated rings. The third-order valence-corrected chi connectivity index (χ3v) is 4.10. The highest BCUT2D eigenvalue weighted by molar-refractivity contribution is 7.98. The molecule has 0 aliphatic carbocycles. The van der Waals surface area contributed by atoms with Gasteiger partial charge in [-0.25, -0.2) is 0 Å². The van der Waals surface area contributed by atoms with E-state index in [1.807, 2.05) is 30.3 Å². The second-order valence-electron chi connectivity index (χ2n) is 4.76. The highest BCUT2D eigenvalue weighted by Gasteiger charge is 2.15. The van der Waals surface area contributed by atoms with E-state index in [9.17, 15) is 14.9 Å². The molecule has 1 amide bonds. The number of ether oxygens (including phenoxy) is 1. The largest absolute Gasteiger partial charge is 0.490 e. The average molecular weight is 332 g/mol. The van der Waals surface area contributed by atoms with Gasteiger partial charge >= 0.3 is 5.69 Å². The van der Waals surface area contributed by atoms with Gasteiger partial charge in [-0.05, 0) is 35.9 Å². The number of carbonyl (C=O) groups is 1. The van der Waals surface area contributed by atoms with Crippen LogP contribution in [-0.2, 0) is 10.5 Å². The molecule has 0 aliphatic heterocycles. The molecule has 120 valence electrons. The van der Waals surface area contributed by atoms with Crippen molar-refractivity contribution in [2.24, 2.45) is 0 Å². The van der Waals surface area contributed by atoms with Crippen LogP contribution in [0, 0.1) is 10.1 Å². The van der Waals surface area contributed by atoms with Crippen molar-refractivity contribution in [1.29, 1.82) is 0 Å². The molecule has 0 bridgehead atoms. The van der Waals surface area contributed by atoms with Gasteiger partial charge in [0.1, 0.15) is 0 Å². The lowest BCUT2D eigenvalue weighted by atomic mass is 10.2. The van der Waals surface area contributed by atoms with Crippen molar-refractivity contribution >= 4 is 29.0 Å². The third kappa shape index (κ3) is 4.72. The van der Waals surface area contributed by atoms with Crippen LogP contribution in [0.1, 0.15) is 12.5 Å². The summed E-state index contributed by atoms with van der Waals surface area (Å²) in [5.74, 6) is 0.740. The van der Waals surface area contributed by atoms with Crippen molar-refractivity contribution in [1.82, 2.24) is 0 Å². The van der Waals surface area contributed by atoms with Crippen molar-refractivity contribution in [2.75, 3.05) is 12.4 Å². The van der Waals surface area contributed by atoms with Crippen molar-refractivity contribution in [2.45, 2.75) is 17.6 Å². The average Bonchev–Trinajstić information content (AvgIpc) is 2.53. The first kappa shape index (κ1) is 16.8. The molecule has 0 saturated heterocycles. The SMILES string of the molecule is COc1ccc(CSc2ccc(NC(C)=O)cc2)cc1[N+](=O)[O-]. The van der Waals surface area contributed by atoms with Crippen LogP contribution in [0.5, 0.6) is 5.75 Å². The van der Waals surface area contributed by atoms with Gasteiger partial charge in [0.15, 0.2) is 5.75 Å². The minimum atomic E-state index is -0.449. The number of nitro benzene ring substituents is 1. The summed E-state index contributed by atoms with van der Waals surface area (Å²) in [5.41, 5.74) is 1.54. The van der Waals surface area contributed by atoms with E-state index in [4.69, 9.17) is 4.74 Å². The first-order valence-corrected chi connectivity index (χ1v) is 7.80. The Morgan fingerprint density at radius 3 is 2.52 bits per heavy atom. The van der Waals surface area contributed by atoms with Crippen LogP contribution in [0.25, 0.3) is 0 Å². The molecule has 0 aliphatic rings. The zero-order chi connectivity index (χ0) is 16.8. The number of carbonyl (C=O) groups excluding carboxylic acids is 1. The second-order valence-corrected chi connectivity index (χ2v) is 5.81. The van der Waals surface area contributed by atoms with Crippen LogP contribution >= 0.6 is 11.8 Å². The quantitative estimate of drug-likeness (QED) is 0.493. The number of amides is 1. The van der Waals surface area contributed by atoms with Crippen LogP contribution in [0.15, 0.2) is 47.4 Å². The van der Waals surface area contributed by atoms with Gasteiger partial charge in [-0.3, -0.25) is 14.9 Å². The number of hydrogen-bond acceptors (Lipinski definition) is 5. The molecular weight excluding hydrogens is 316 g/mol. The smallest absolute Gasteiger partial charge is 0.311 e. The summed E-state index contributed by atoms with van der Waals surface area (Å²) < 4.78 is 4.99. The fraction of sp³-hybridized carbons (Fsp3) is 0.188. The normalized spacial score (nSPS) is 10.2. The van der Waals surface area contributed by atoms with E-state index in [0.29, 0.717) is 5.75 Å². The Labute approximate surface area is 138 Å². The molecule has 0 saturated carbocycles. The minimum Gasteiger partial charge on any atom is -0.490 e. The molecule has 0 aromatic heterocycles. The van der Waals surface area contributed by atoms with Crippen LogP contribution < -0.4 is 10.1 Å². The minimum absolute atomic E-state index is 0.0355. The van der Waals surface area contributed by atoms with E-state index in [-0.39, 0.29) is 17.3 Å². The highest BCUT2D eigenvalue weighted by atomic mass is 32.2. The molecule has 0 radical (unpaired) electrons. The first-order chi connectivity index (χ1) is 11.0. The molecule has 2 aromatic carbocycles. The lowest BCUT2D eigenvalue weighted by Crippen LogP contribution is -2.05. The molecule has 2 aromatic rings. The number of rotatable bonds is 6. The zero-order valence-electron chi connectivity index (χ0n) is 12.7. The molecule has 6 nitrogen and oxygen atoms in total. The van der Waals surface area contributed by atoms with Gasteiger partial charge in [0.05, 0.1) is 12.0 Å². The highest BCUT2D eigenvalue weighted by Crippen LogP contribution is 2.31. The fourth-order valence-electron chi connectivity index (χ4n) is 1.97. The van der Waals surface area contributed by atoms with Gasteiger partial charge in [0.25, 0.3) is 0 Å². The van der Waals surface area contributed by atoms with E-state index in [1.54, 1.807) is 17.8 Å². The van der Waals surface area contributed by atoms with Crippen molar-refractivity contribution < 1.29 is 14.5 Å². The number of methoxy groups -OCH3 is 1. The lowest BCUT2D eigenvalue weighted by Gasteiger charge is -2.06. The standard InChI is InChI=1S/C16H16N2O4S/c1-11(19)17-13-4-6-14(7-5-13)23-10-12-3-8-16(22-2)15(9-12)18(20)21/h3-9H,10H2,1-2H3,(H,17,19). The summed E-state index contributed by atoms with van der Waals surface area (Å²) in [6, 6.07) is 12.4. The van der Waals surface area contributed by atoms with Crippen LogP contribution in [0.3, 0.4) is 0 Å². The van der Waals surface area contributed by atoms with Crippen LogP contribution in [-0.4, -0.2) is 17.9 Å². The summed E-state index contributed by atoms with van der Waals surface area (Å²) >= 11 is 1.56. The Morgan fingerprint density at radius 2 is 1.96 bits per heavy atom. The third-order valence-electron chi connectivity index (χ3n) is 3.02. The topological polar surface area (TPSA) is 81.5 Å². The zero-order valence-corrected chi connectivity index (χ0v) is 13.6. The van der Waals surface area contributed by atoms with E-state index in [2.05, 4.69) is 5.32 Å². The summed E-state index contributed by atoms with van der Waals surface area (Å²) in [7, 11) is 1.41. The fourth-order valence-corrected chi connectivity index (χ4v) is 2.81. The number of nitro groups is 1. The van der Waals surface area contributed by atoms with E-state index in [0.717, 1.165) is 16.1 Å². The molecular formula is C16H16N2O4S. The molecule has 7 heteroatoms. The summed E-state index contributed by atoms with van der Waals surface area (Å²) in [6.45, 7) is 1.46.